The van der Waals surface area contributed by atoms with Gasteiger partial charge >= 0.3 is 12.2 Å². The molecule has 2 N–H and O–H groups in total. The fourth-order valence-electron chi connectivity index (χ4n) is 4.17. The number of hydrogen-bond acceptors (Lipinski definition) is 5. The van der Waals surface area contributed by atoms with Gasteiger partial charge in [-0.2, -0.15) is 13.2 Å². The van der Waals surface area contributed by atoms with Gasteiger partial charge < -0.3 is 14.6 Å². The molecule has 3 aromatic rings. The van der Waals surface area contributed by atoms with Gasteiger partial charge in [0.25, 0.3) is 0 Å². The van der Waals surface area contributed by atoms with Crippen LogP contribution in [0.3, 0.4) is 0 Å². The maximum absolute atomic E-state index is 13.7. The van der Waals surface area contributed by atoms with Crippen LogP contribution in [-0.4, -0.2) is 42.3 Å². The summed E-state index contributed by atoms with van der Waals surface area (Å²) in [5.74, 6) is 6.39. The van der Waals surface area contributed by atoms with E-state index in [4.69, 9.17) is 9.26 Å². The van der Waals surface area contributed by atoms with Crippen molar-refractivity contribution in [2.75, 3.05) is 36.9 Å². The number of nitrogens with zero attached hydrogens (tertiary/aromatic N) is 2. The Bertz CT molecular complexity index is 1360. The van der Waals surface area contributed by atoms with Crippen molar-refractivity contribution in [3.8, 4) is 17.6 Å². The lowest BCUT2D eigenvalue weighted by Gasteiger charge is -2.26. The molecule has 0 aliphatic carbocycles. The molecule has 0 bridgehead atoms. The summed E-state index contributed by atoms with van der Waals surface area (Å²) in [6, 6.07) is 11.7. The second-order valence-corrected chi connectivity index (χ2v) is 10.7. The summed E-state index contributed by atoms with van der Waals surface area (Å²) in [4.78, 5) is 14.5. The lowest BCUT2D eigenvalue weighted by molar-refractivity contribution is -0.139. The Morgan fingerprint density at radius 1 is 0.975 bits per heavy atom. The fourth-order valence-corrected chi connectivity index (χ4v) is 4.17. The van der Waals surface area contributed by atoms with E-state index in [1.807, 2.05) is 20.8 Å². The van der Waals surface area contributed by atoms with Crippen molar-refractivity contribution >= 4 is 17.5 Å². The SMILES string of the molecule is CC(C)(C)c1cc(NC(=O)Nc2ccc(C#Cc3ccc(OCCN4CCCCC4)c(C(F)(F)F)c3)cc2)no1. The highest BCUT2D eigenvalue weighted by atomic mass is 19.4. The number of carbonyl (C=O) groups excluding carboxylic acids is 1. The number of likely N-dealkylation sites (tertiary alicyclic amines) is 1. The Balaban J connectivity index is 1.35. The van der Waals surface area contributed by atoms with Crippen LogP contribution in [0.2, 0.25) is 0 Å². The first-order valence-corrected chi connectivity index (χ1v) is 13.2. The van der Waals surface area contributed by atoms with Gasteiger partial charge in [0, 0.05) is 34.8 Å². The van der Waals surface area contributed by atoms with Gasteiger partial charge in [-0.1, -0.05) is 44.2 Å². The summed E-state index contributed by atoms with van der Waals surface area (Å²) < 4.78 is 52.0. The second-order valence-electron chi connectivity index (χ2n) is 10.7. The zero-order chi connectivity index (χ0) is 28.8. The van der Waals surface area contributed by atoms with Crippen molar-refractivity contribution in [3.63, 3.8) is 0 Å². The standard InChI is InChI=1S/C30H33F3N4O3/c1-29(2,3)26-20-27(36-40-26)35-28(38)34-23-12-9-21(10-13-23)7-8-22-11-14-25(24(19-22)30(31,32)33)39-18-17-37-15-5-4-6-16-37/h9-14,19-20H,4-6,15-18H2,1-3H3,(H2,34,35,36,38). The van der Waals surface area contributed by atoms with Crippen LogP contribution in [0.4, 0.5) is 29.5 Å². The largest absolute Gasteiger partial charge is 0.492 e. The predicted molar refractivity (Wildman–Crippen MR) is 147 cm³/mol. The number of ether oxygens (including phenoxy) is 1. The van der Waals surface area contributed by atoms with Gasteiger partial charge in [-0.3, -0.25) is 10.2 Å². The molecule has 7 nitrogen and oxygen atoms in total. The summed E-state index contributed by atoms with van der Waals surface area (Å²) in [5.41, 5.74) is 0.224. The third-order valence-electron chi connectivity index (χ3n) is 6.38. The molecule has 1 aliphatic heterocycles. The molecule has 1 fully saturated rings. The molecule has 212 valence electrons. The Morgan fingerprint density at radius 3 is 2.30 bits per heavy atom. The van der Waals surface area contributed by atoms with Crippen LogP contribution in [-0.2, 0) is 11.6 Å². The molecular formula is C30H33F3N4O3. The van der Waals surface area contributed by atoms with Gasteiger partial charge in [-0.25, -0.2) is 4.79 Å². The van der Waals surface area contributed by atoms with Crippen molar-refractivity contribution < 1.29 is 27.2 Å². The van der Waals surface area contributed by atoms with Crippen LogP contribution in [0.15, 0.2) is 53.1 Å². The lowest BCUT2D eigenvalue weighted by Crippen LogP contribution is -2.33. The summed E-state index contributed by atoms with van der Waals surface area (Å²) in [7, 11) is 0. The highest BCUT2D eigenvalue weighted by Gasteiger charge is 2.34. The van der Waals surface area contributed by atoms with Crippen molar-refractivity contribution in [1.29, 1.82) is 0 Å². The number of rotatable bonds is 6. The molecule has 0 spiro atoms. The molecule has 1 aliphatic rings. The molecule has 0 saturated carbocycles. The van der Waals surface area contributed by atoms with Crippen LogP contribution in [0, 0.1) is 11.8 Å². The molecular weight excluding hydrogens is 521 g/mol. The first-order chi connectivity index (χ1) is 19.0. The number of alkyl halides is 3. The minimum atomic E-state index is -4.56. The van der Waals surface area contributed by atoms with E-state index in [0.29, 0.717) is 29.4 Å². The number of benzene rings is 2. The Hall–Kier alpha value is -3.97. The number of aromatic nitrogens is 1. The van der Waals surface area contributed by atoms with Crippen LogP contribution >= 0.6 is 0 Å². The molecule has 0 unspecified atom stereocenters. The first-order valence-electron chi connectivity index (χ1n) is 13.2. The Kier molecular flexibility index (Phi) is 9.05. The molecule has 2 heterocycles. The van der Waals surface area contributed by atoms with E-state index in [0.717, 1.165) is 32.0 Å². The van der Waals surface area contributed by atoms with Crippen molar-refractivity contribution in [2.24, 2.45) is 0 Å². The van der Waals surface area contributed by atoms with Crippen LogP contribution in [0.25, 0.3) is 0 Å². The summed E-state index contributed by atoms with van der Waals surface area (Å²) in [5, 5.41) is 9.14. The van der Waals surface area contributed by atoms with Crippen molar-refractivity contribution in [3.05, 3.63) is 71.0 Å². The molecule has 0 atom stereocenters. The number of anilines is 2. The molecule has 40 heavy (non-hydrogen) atoms. The van der Waals surface area contributed by atoms with Crippen LogP contribution in [0.5, 0.6) is 5.75 Å². The van der Waals surface area contributed by atoms with Gasteiger partial charge in [-0.15, -0.1) is 0 Å². The van der Waals surface area contributed by atoms with Gasteiger partial charge in [0.15, 0.2) is 5.82 Å². The maximum Gasteiger partial charge on any atom is 0.420 e. The number of nitrogens with one attached hydrogen (secondary N) is 2. The summed E-state index contributed by atoms with van der Waals surface area (Å²) >= 11 is 0. The zero-order valence-electron chi connectivity index (χ0n) is 22.8. The number of carbonyl (C=O) groups is 1. The number of hydrogen-bond donors (Lipinski definition) is 2. The fraction of sp³-hybridized carbons (Fsp3) is 0.400. The molecule has 1 saturated heterocycles. The van der Waals surface area contributed by atoms with Crippen molar-refractivity contribution in [1.82, 2.24) is 10.1 Å². The van der Waals surface area contributed by atoms with Gasteiger partial charge in [-0.05, 0) is 68.4 Å². The quantitative estimate of drug-likeness (QED) is 0.324. The molecule has 2 amide bonds. The zero-order valence-corrected chi connectivity index (χ0v) is 22.8. The van der Waals surface area contributed by atoms with Gasteiger partial charge in [0.2, 0.25) is 0 Å². The molecule has 10 heteroatoms. The number of halogens is 3. The molecule has 4 rings (SSSR count). The maximum atomic E-state index is 13.7. The van der Waals surface area contributed by atoms with Gasteiger partial charge in [0.05, 0.1) is 5.56 Å². The normalized spacial score (nSPS) is 14.2. The van der Waals surface area contributed by atoms with E-state index in [-0.39, 0.29) is 23.3 Å². The topological polar surface area (TPSA) is 79.6 Å². The molecule has 1 aromatic heterocycles. The summed E-state index contributed by atoms with van der Waals surface area (Å²) in [6.07, 6.45) is -1.15. The third kappa shape index (κ3) is 8.26. The molecule has 0 radical (unpaired) electrons. The third-order valence-corrected chi connectivity index (χ3v) is 6.38. The van der Waals surface area contributed by atoms with Crippen molar-refractivity contribution in [2.45, 2.75) is 51.6 Å². The minimum absolute atomic E-state index is 0.191. The number of amides is 2. The highest BCUT2D eigenvalue weighted by molar-refractivity contribution is 5.99. The lowest BCUT2D eigenvalue weighted by atomic mass is 9.93. The number of urea groups is 1. The second kappa shape index (κ2) is 12.5. The Labute approximate surface area is 232 Å². The average Bonchev–Trinajstić information content (AvgIpc) is 3.38. The Morgan fingerprint density at radius 2 is 1.65 bits per heavy atom. The number of piperidine rings is 1. The van der Waals surface area contributed by atoms with E-state index < -0.39 is 17.8 Å². The van der Waals surface area contributed by atoms with Crippen LogP contribution in [0.1, 0.15) is 62.5 Å². The smallest absolute Gasteiger partial charge is 0.420 e. The van der Waals surface area contributed by atoms with Crippen LogP contribution < -0.4 is 15.4 Å². The van der Waals surface area contributed by atoms with E-state index in [1.165, 1.54) is 18.6 Å². The van der Waals surface area contributed by atoms with E-state index in [1.54, 1.807) is 30.3 Å². The summed E-state index contributed by atoms with van der Waals surface area (Å²) in [6.45, 7) is 8.62. The minimum Gasteiger partial charge on any atom is -0.492 e. The van der Waals surface area contributed by atoms with E-state index in [9.17, 15) is 18.0 Å². The predicted octanol–water partition coefficient (Wildman–Crippen LogP) is 6.90. The highest BCUT2D eigenvalue weighted by Crippen LogP contribution is 2.37. The average molecular weight is 555 g/mol. The van der Waals surface area contributed by atoms with E-state index >= 15 is 0 Å². The van der Waals surface area contributed by atoms with E-state index in [2.05, 4.69) is 32.5 Å². The van der Waals surface area contributed by atoms with Gasteiger partial charge in [0.1, 0.15) is 18.1 Å². The molecule has 2 aromatic carbocycles. The monoisotopic (exact) mass is 554 g/mol. The first kappa shape index (κ1) is 29.0.